The first-order chi connectivity index (χ1) is 10.6. The second-order valence-corrected chi connectivity index (χ2v) is 6.31. The quantitative estimate of drug-likeness (QED) is 0.666. The van der Waals surface area contributed by atoms with Crippen LogP contribution >= 0.6 is 0 Å². The molecular weight excluding hydrogens is 282 g/mol. The number of likely N-dealkylation sites (tertiary alicyclic amines) is 1. The maximum atomic E-state index is 12.7. The molecule has 2 bridgehead atoms. The molecule has 0 amide bonds. The van der Waals surface area contributed by atoms with E-state index in [0.717, 1.165) is 5.56 Å². The number of benzene rings is 1. The summed E-state index contributed by atoms with van der Waals surface area (Å²) in [5.74, 6) is -1.11. The molecule has 5 heteroatoms. The van der Waals surface area contributed by atoms with Crippen LogP contribution < -0.4 is 0 Å². The average Bonchev–Trinajstić information content (AvgIpc) is 2.53. The van der Waals surface area contributed by atoms with E-state index in [0.29, 0.717) is 32.5 Å². The van der Waals surface area contributed by atoms with Gasteiger partial charge in [0.05, 0.1) is 19.1 Å². The minimum absolute atomic E-state index is 0.151. The van der Waals surface area contributed by atoms with Crippen molar-refractivity contribution in [3.63, 3.8) is 0 Å². The van der Waals surface area contributed by atoms with Crippen molar-refractivity contribution in [2.24, 2.45) is 11.3 Å². The molecule has 2 aliphatic rings. The Bertz CT molecular complexity index is 573. The summed E-state index contributed by atoms with van der Waals surface area (Å²) >= 11 is 0. The van der Waals surface area contributed by atoms with Crippen LogP contribution in [0.2, 0.25) is 0 Å². The Balaban J connectivity index is 1.86. The van der Waals surface area contributed by atoms with Crippen molar-refractivity contribution in [1.29, 1.82) is 0 Å². The minimum Gasteiger partial charge on any atom is -0.468 e. The van der Waals surface area contributed by atoms with Gasteiger partial charge in [-0.1, -0.05) is 30.3 Å². The Labute approximate surface area is 129 Å². The van der Waals surface area contributed by atoms with E-state index in [1.165, 1.54) is 7.11 Å². The van der Waals surface area contributed by atoms with Gasteiger partial charge in [0.1, 0.15) is 5.41 Å². The average molecular weight is 303 g/mol. The van der Waals surface area contributed by atoms with Crippen LogP contribution in [0.3, 0.4) is 0 Å². The molecule has 3 atom stereocenters. The maximum absolute atomic E-state index is 12.7. The van der Waals surface area contributed by atoms with Crippen LogP contribution in [0, 0.1) is 11.3 Å². The van der Waals surface area contributed by atoms with Crippen LogP contribution in [0.4, 0.5) is 0 Å². The number of carbonyl (C=O) groups excluding carboxylic acids is 2. The van der Waals surface area contributed by atoms with Crippen LogP contribution in [-0.4, -0.2) is 48.1 Å². The number of aliphatic hydroxyl groups is 1. The minimum atomic E-state index is -1.11. The SMILES string of the molecule is COC(=O)[C@@]12CC[C@H](O)[C@@H](CN(Cc3ccccc3)C1)C2=O. The fourth-order valence-corrected chi connectivity index (χ4v) is 3.76. The van der Waals surface area contributed by atoms with Gasteiger partial charge in [-0.05, 0) is 18.4 Å². The first-order valence-corrected chi connectivity index (χ1v) is 7.64. The van der Waals surface area contributed by atoms with Gasteiger partial charge in [-0.3, -0.25) is 14.5 Å². The topological polar surface area (TPSA) is 66.8 Å². The zero-order chi connectivity index (χ0) is 15.7. The number of fused-ring (bicyclic) bond motifs is 2. The lowest BCUT2D eigenvalue weighted by Gasteiger charge is -2.48. The Morgan fingerprint density at radius 3 is 2.82 bits per heavy atom. The lowest BCUT2D eigenvalue weighted by molar-refractivity contribution is -0.173. The third kappa shape index (κ3) is 2.44. The second-order valence-electron chi connectivity index (χ2n) is 6.31. The van der Waals surface area contributed by atoms with Crippen molar-refractivity contribution in [3.05, 3.63) is 35.9 Å². The van der Waals surface area contributed by atoms with Gasteiger partial charge in [0.15, 0.2) is 5.78 Å². The van der Waals surface area contributed by atoms with Gasteiger partial charge in [-0.2, -0.15) is 0 Å². The summed E-state index contributed by atoms with van der Waals surface area (Å²) in [6.45, 7) is 1.53. The number of carbonyl (C=O) groups is 2. The molecule has 1 aliphatic heterocycles. The second kappa shape index (κ2) is 5.82. The summed E-state index contributed by atoms with van der Waals surface area (Å²) in [5.41, 5.74) is 0.0236. The largest absolute Gasteiger partial charge is 0.468 e. The van der Waals surface area contributed by atoms with Gasteiger partial charge < -0.3 is 9.84 Å². The number of Topliss-reactive ketones (excluding diaryl/α,β-unsaturated/α-hetero) is 1. The number of piperidine rings is 1. The third-order valence-electron chi connectivity index (χ3n) is 4.91. The molecule has 0 unspecified atom stereocenters. The number of hydrogen-bond donors (Lipinski definition) is 1. The normalized spacial score (nSPS) is 31.8. The molecule has 1 aromatic rings. The van der Waals surface area contributed by atoms with Crippen molar-refractivity contribution in [2.75, 3.05) is 20.2 Å². The molecule has 1 saturated heterocycles. The van der Waals surface area contributed by atoms with Crippen LogP contribution in [-0.2, 0) is 20.9 Å². The molecular formula is C17H21NO4. The molecule has 1 aromatic carbocycles. The summed E-state index contributed by atoms with van der Waals surface area (Å²) < 4.78 is 4.90. The van der Waals surface area contributed by atoms with Gasteiger partial charge >= 0.3 is 5.97 Å². The maximum Gasteiger partial charge on any atom is 0.320 e. The number of ketones is 1. The highest BCUT2D eigenvalue weighted by Crippen LogP contribution is 2.42. The highest BCUT2D eigenvalue weighted by Gasteiger charge is 2.57. The number of methoxy groups -OCH3 is 1. The van der Waals surface area contributed by atoms with Crippen LogP contribution in [0.25, 0.3) is 0 Å². The number of aliphatic hydroxyl groups excluding tert-OH is 1. The van der Waals surface area contributed by atoms with Crippen molar-refractivity contribution in [3.8, 4) is 0 Å². The molecule has 1 heterocycles. The van der Waals surface area contributed by atoms with Gasteiger partial charge in [-0.15, -0.1) is 0 Å². The molecule has 5 nitrogen and oxygen atoms in total. The summed E-state index contributed by atoms with van der Waals surface area (Å²) in [7, 11) is 1.32. The lowest BCUT2D eigenvalue weighted by Crippen LogP contribution is -2.63. The zero-order valence-electron chi connectivity index (χ0n) is 12.7. The Morgan fingerprint density at radius 1 is 1.41 bits per heavy atom. The Kier molecular flexibility index (Phi) is 4.02. The number of nitrogens with zero attached hydrogens (tertiary/aromatic N) is 1. The highest BCUT2D eigenvalue weighted by atomic mass is 16.5. The molecule has 1 aliphatic carbocycles. The predicted octanol–water partition coefficient (Wildman–Crippen LogP) is 1.00. The van der Waals surface area contributed by atoms with E-state index in [9.17, 15) is 14.7 Å². The monoisotopic (exact) mass is 303 g/mol. The summed E-state index contributed by atoms with van der Waals surface area (Å²) in [6.07, 6.45) is 0.176. The van der Waals surface area contributed by atoms with E-state index in [1.807, 2.05) is 30.3 Å². The highest BCUT2D eigenvalue weighted by molar-refractivity contribution is 6.06. The fourth-order valence-electron chi connectivity index (χ4n) is 3.76. The van der Waals surface area contributed by atoms with E-state index in [2.05, 4.69) is 4.90 Å². The van der Waals surface area contributed by atoms with Crippen molar-refractivity contribution < 1.29 is 19.4 Å². The van der Waals surface area contributed by atoms with E-state index in [4.69, 9.17) is 4.74 Å². The number of ether oxygens (including phenoxy) is 1. The number of hydrogen-bond acceptors (Lipinski definition) is 5. The predicted molar refractivity (Wildman–Crippen MR) is 79.9 cm³/mol. The van der Waals surface area contributed by atoms with E-state index in [1.54, 1.807) is 0 Å². The van der Waals surface area contributed by atoms with Crippen LogP contribution in [0.15, 0.2) is 30.3 Å². The van der Waals surface area contributed by atoms with Gasteiger partial charge in [0.25, 0.3) is 0 Å². The van der Waals surface area contributed by atoms with Gasteiger partial charge in [0.2, 0.25) is 0 Å². The van der Waals surface area contributed by atoms with Crippen molar-refractivity contribution >= 4 is 11.8 Å². The van der Waals surface area contributed by atoms with Crippen molar-refractivity contribution in [1.82, 2.24) is 4.90 Å². The summed E-state index contributed by atoms with van der Waals surface area (Å²) in [5, 5.41) is 10.1. The summed E-state index contributed by atoms with van der Waals surface area (Å²) in [4.78, 5) is 27.0. The van der Waals surface area contributed by atoms with Crippen LogP contribution in [0.1, 0.15) is 18.4 Å². The standard InChI is InChI=1S/C17H21NO4/c1-22-16(21)17-8-7-14(19)13(15(17)20)10-18(11-17)9-12-5-3-2-4-6-12/h2-6,13-14,19H,7-11H2,1H3/t13-,14+,17+/m1/s1. The number of esters is 1. The van der Waals surface area contributed by atoms with Crippen LogP contribution in [0.5, 0.6) is 0 Å². The van der Waals surface area contributed by atoms with E-state index in [-0.39, 0.29) is 5.78 Å². The molecule has 2 fully saturated rings. The van der Waals surface area contributed by atoms with Gasteiger partial charge in [-0.25, -0.2) is 0 Å². The molecule has 1 saturated carbocycles. The molecule has 0 aromatic heterocycles. The molecule has 0 spiro atoms. The van der Waals surface area contributed by atoms with E-state index < -0.39 is 23.4 Å². The van der Waals surface area contributed by atoms with Gasteiger partial charge in [0, 0.05) is 19.6 Å². The smallest absolute Gasteiger partial charge is 0.320 e. The summed E-state index contributed by atoms with van der Waals surface area (Å²) in [6, 6.07) is 9.94. The first-order valence-electron chi connectivity index (χ1n) is 7.64. The third-order valence-corrected chi connectivity index (χ3v) is 4.91. The number of rotatable bonds is 3. The first kappa shape index (κ1) is 15.2. The Hall–Kier alpha value is -1.72. The lowest BCUT2D eigenvalue weighted by atomic mass is 9.64. The van der Waals surface area contributed by atoms with E-state index >= 15 is 0 Å². The molecule has 3 rings (SSSR count). The molecule has 1 N–H and O–H groups in total. The van der Waals surface area contributed by atoms with Crippen molar-refractivity contribution in [2.45, 2.75) is 25.5 Å². The zero-order valence-corrected chi connectivity index (χ0v) is 12.7. The molecule has 0 radical (unpaired) electrons. The molecule has 118 valence electrons. The Morgan fingerprint density at radius 2 is 2.14 bits per heavy atom. The molecule has 22 heavy (non-hydrogen) atoms. The fraction of sp³-hybridized carbons (Fsp3) is 0.529.